The van der Waals surface area contributed by atoms with Gasteiger partial charge in [-0.15, -0.1) is 0 Å². The Labute approximate surface area is 144 Å². The van der Waals surface area contributed by atoms with E-state index in [1.807, 2.05) is 20.8 Å². The lowest BCUT2D eigenvalue weighted by Gasteiger charge is -2.37. The van der Waals surface area contributed by atoms with Gasteiger partial charge in [0.1, 0.15) is 0 Å². The molecule has 1 N–H and O–H groups in total. The van der Waals surface area contributed by atoms with Gasteiger partial charge in [0.15, 0.2) is 0 Å². The van der Waals surface area contributed by atoms with Crippen molar-refractivity contribution in [1.29, 1.82) is 0 Å². The van der Waals surface area contributed by atoms with Crippen LogP contribution in [0.3, 0.4) is 0 Å². The Morgan fingerprint density at radius 3 is 2.75 bits per heavy atom. The molecule has 1 aliphatic rings. The van der Waals surface area contributed by atoms with Crippen LogP contribution in [-0.2, 0) is 26.0 Å². The number of benzene rings is 1. The molecule has 0 amide bonds. The van der Waals surface area contributed by atoms with Crippen LogP contribution < -0.4 is 5.32 Å². The van der Waals surface area contributed by atoms with Gasteiger partial charge < -0.3 is 10.1 Å². The standard InChI is InChI=1S/C17H26N2O4S/c1-12(2)16-11-18-7-8-19(16)24(21,22)15-6-5-13(3)14(9-15)10-17(20)23-4/h5-6,9,12,16,18H,7-8,10-11H2,1-4H3. The van der Waals surface area contributed by atoms with E-state index in [9.17, 15) is 13.2 Å². The Bertz CT molecular complexity index is 701. The summed E-state index contributed by atoms with van der Waals surface area (Å²) >= 11 is 0. The topological polar surface area (TPSA) is 75.7 Å². The normalized spacial score (nSPS) is 19.5. The number of rotatable bonds is 5. The number of nitrogens with one attached hydrogen (secondary N) is 1. The number of esters is 1. The molecule has 0 spiro atoms. The number of piperazine rings is 1. The molecule has 2 rings (SSSR count). The van der Waals surface area contributed by atoms with E-state index < -0.39 is 10.0 Å². The maximum Gasteiger partial charge on any atom is 0.309 e. The lowest BCUT2D eigenvalue weighted by Crippen LogP contribution is -2.55. The highest BCUT2D eigenvalue weighted by Crippen LogP contribution is 2.25. The van der Waals surface area contributed by atoms with E-state index in [2.05, 4.69) is 5.32 Å². The number of carbonyl (C=O) groups excluding carboxylic acids is 1. The Hall–Kier alpha value is -1.44. The number of ether oxygens (including phenoxy) is 1. The Morgan fingerprint density at radius 2 is 2.12 bits per heavy atom. The Kier molecular flexibility index (Phi) is 6.01. The molecule has 1 aromatic rings. The molecule has 6 nitrogen and oxygen atoms in total. The highest BCUT2D eigenvalue weighted by Gasteiger charge is 2.35. The van der Waals surface area contributed by atoms with Gasteiger partial charge in [-0.05, 0) is 36.1 Å². The number of hydrogen-bond acceptors (Lipinski definition) is 5. The molecule has 0 aromatic heterocycles. The van der Waals surface area contributed by atoms with Crippen molar-refractivity contribution in [3.63, 3.8) is 0 Å². The van der Waals surface area contributed by atoms with Crippen LogP contribution in [0.15, 0.2) is 23.1 Å². The first kappa shape index (κ1) is 18.9. The van der Waals surface area contributed by atoms with E-state index >= 15 is 0 Å². The number of aryl methyl sites for hydroxylation is 1. The molecular formula is C17H26N2O4S. The summed E-state index contributed by atoms with van der Waals surface area (Å²) in [5.41, 5.74) is 1.55. The van der Waals surface area contributed by atoms with Gasteiger partial charge in [0.25, 0.3) is 0 Å². The average Bonchev–Trinajstić information content (AvgIpc) is 2.56. The minimum Gasteiger partial charge on any atom is -0.469 e. The predicted molar refractivity (Wildman–Crippen MR) is 92.3 cm³/mol. The Balaban J connectivity index is 2.38. The molecule has 1 unspecified atom stereocenters. The van der Waals surface area contributed by atoms with E-state index in [4.69, 9.17) is 4.74 Å². The first-order chi connectivity index (χ1) is 11.3. The SMILES string of the molecule is COC(=O)Cc1cc(S(=O)(=O)N2CCNCC2C(C)C)ccc1C. The zero-order valence-corrected chi connectivity index (χ0v) is 15.5. The molecule has 1 heterocycles. The molecule has 7 heteroatoms. The van der Waals surface area contributed by atoms with Crippen LogP contribution in [-0.4, -0.2) is 51.5 Å². The van der Waals surface area contributed by atoms with E-state index in [1.54, 1.807) is 22.5 Å². The third-order valence-electron chi connectivity index (χ3n) is 4.49. The quantitative estimate of drug-likeness (QED) is 0.808. The lowest BCUT2D eigenvalue weighted by atomic mass is 10.0. The summed E-state index contributed by atoms with van der Waals surface area (Å²) in [6, 6.07) is 4.89. The van der Waals surface area contributed by atoms with Gasteiger partial charge in [0.2, 0.25) is 10.0 Å². The summed E-state index contributed by atoms with van der Waals surface area (Å²) in [5.74, 6) is -0.164. The van der Waals surface area contributed by atoms with E-state index in [1.165, 1.54) is 7.11 Å². The summed E-state index contributed by atoms with van der Waals surface area (Å²) < 4.78 is 32.5. The van der Waals surface area contributed by atoms with Crippen LogP contribution in [0.2, 0.25) is 0 Å². The van der Waals surface area contributed by atoms with Crippen LogP contribution in [0.4, 0.5) is 0 Å². The van der Waals surface area contributed by atoms with Gasteiger partial charge in [-0.1, -0.05) is 19.9 Å². The summed E-state index contributed by atoms with van der Waals surface area (Å²) in [6.07, 6.45) is 0.0703. The van der Waals surface area contributed by atoms with Gasteiger partial charge in [-0.2, -0.15) is 4.31 Å². The van der Waals surface area contributed by atoms with E-state index in [0.29, 0.717) is 25.2 Å². The molecule has 0 saturated carbocycles. The van der Waals surface area contributed by atoms with Gasteiger partial charge in [0, 0.05) is 25.7 Å². The maximum absolute atomic E-state index is 13.1. The second-order valence-electron chi connectivity index (χ2n) is 6.47. The molecule has 0 bridgehead atoms. The van der Waals surface area contributed by atoms with E-state index in [-0.39, 0.29) is 29.2 Å². The van der Waals surface area contributed by atoms with Crippen molar-refractivity contribution >= 4 is 16.0 Å². The van der Waals surface area contributed by atoms with Crippen molar-refractivity contribution in [2.75, 3.05) is 26.7 Å². The molecule has 1 fully saturated rings. The fourth-order valence-corrected chi connectivity index (χ4v) is 4.74. The van der Waals surface area contributed by atoms with Crippen molar-refractivity contribution in [1.82, 2.24) is 9.62 Å². The smallest absolute Gasteiger partial charge is 0.309 e. The minimum atomic E-state index is -3.60. The molecule has 1 aliphatic heterocycles. The third kappa shape index (κ3) is 3.96. The average molecular weight is 354 g/mol. The van der Waals surface area contributed by atoms with Crippen LogP contribution in [0.1, 0.15) is 25.0 Å². The number of nitrogens with zero attached hydrogens (tertiary/aromatic N) is 1. The fraction of sp³-hybridized carbons (Fsp3) is 0.588. The summed E-state index contributed by atoms with van der Waals surface area (Å²) in [6.45, 7) is 7.65. The van der Waals surface area contributed by atoms with Crippen LogP contribution in [0.5, 0.6) is 0 Å². The molecule has 134 valence electrons. The third-order valence-corrected chi connectivity index (χ3v) is 6.41. The largest absolute Gasteiger partial charge is 0.469 e. The van der Waals surface area contributed by atoms with Crippen LogP contribution >= 0.6 is 0 Å². The van der Waals surface area contributed by atoms with Crippen molar-refractivity contribution in [3.05, 3.63) is 29.3 Å². The van der Waals surface area contributed by atoms with Crippen molar-refractivity contribution in [3.8, 4) is 0 Å². The highest BCUT2D eigenvalue weighted by molar-refractivity contribution is 7.89. The van der Waals surface area contributed by atoms with Gasteiger partial charge in [-0.25, -0.2) is 8.42 Å². The minimum absolute atomic E-state index is 0.0703. The molecule has 0 aliphatic carbocycles. The number of methoxy groups -OCH3 is 1. The molecule has 1 saturated heterocycles. The highest BCUT2D eigenvalue weighted by atomic mass is 32.2. The second-order valence-corrected chi connectivity index (χ2v) is 8.36. The summed E-state index contributed by atoms with van der Waals surface area (Å²) in [5, 5.41) is 3.26. The first-order valence-electron chi connectivity index (χ1n) is 8.16. The number of sulfonamides is 1. The van der Waals surface area contributed by atoms with Crippen LogP contribution in [0, 0.1) is 12.8 Å². The first-order valence-corrected chi connectivity index (χ1v) is 9.60. The van der Waals surface area contributed by atoms with Crippen LogP contribution in [0.25, 0.3) is 0 Å². The Morgan fingerprint density at radius 1 is 1.42 bits per heavy atom. The summed E-state index contributed by atoms with van der Waals surface area (Å²) in [4.78, 5) is 11.8. The van der Waals surface area contributed by atoms with Crippen molar-refractivity contribution in [2.45, 2.75) is 38.1 Å². The fourth-order valence-electron chi connectivity index (χ4n) is 2.94. The van der Waals surface area contributed by atoms with Crippen molar-refractivity contribution in [2.24, 2.45) is 5.92 Å². The molecule has 0 radical (unpaired) electrons. The van der Waals surface area contributed by atoms with Gasteiger partial charge >= 0.3 is 5.97 Å². The zero-order valence-electron chi connectivity index (χ0n) is 14.7. The van der Waals surface area contributed by atoms with Gasteiger partial charge in [-0.3, -0.25) is 4.79 Å². The number of hydrogen-bond donors (Lipinski definition) is 1. The molecule has 1 atom stereocenters. The van der Waals surface area contributed by atoms with Crippen molar-refractivity contribution < 1.29 is 17.9 Å². The number of carbonyl (C=O) groups is 1. The molecule has 1 aromatic carbocycles. The summed E-state index contributed by atoms with van der Waals surface area (Å²) in [7, 11) is -2.27. The van der Waals surface area contributed by atoms with E-state index in [0.717, 1.165) is 5.56 Å². The molecular weight excluding hydrogens is 328 g/mol. The monoisotopic (exact) mass is 354 g/mol. The lowest BCUT2D eigenvalue weighted by molar-refractivity contribution is -0.139. The zero-order chi connectivity index (χ0) is 17.9. The van der Waals surface area contributed by atoms with Gasteiger partial charge in [0.05, 0.1) is 18.4 Å². The maximum atomic E-state index is 13.1. The predicted octanol–water partition coefficient (Wildman–Crippen LogP) is 1.33. The molecule has 24 heavy (non-hydrogen) atoms. The second kappa shape index (κ2) is 7.63.